The maximum absolute atomic E-state index is 5.97. The van der Waals surface area contributed by atoms with Crippen LogP contribution in [-0.4, -0.2) is 30.0 Å². The minimum atomic E-state index is 0.308. The number of hydrogen-bond acceptors (Lipinski definition) is 4. The van der Waals surface area contributed by atoms with Gasteiger partial charge in [0.15, 0.2) is 11.5 Å². The minimum absolute atomic E-state index is 0.308. The molecule has 2 heterocycles. The molecule has 0 radical (unpaired) electrons. The van der Waals surface area contributed by atoms with Crippen LogP contribution in [0.2, 0.25) is 0 Å². The Morgan fingerprint density at radius 3 is 2.73 bits per heavy atom. The summed E-state index contributed by atoms with van der Waals surface area (Å²) in [5.41, 5.74) is 5.18. The van der Waals surface area contributed by atoms with Crippen molar-refractivity contribution >= 4 is 18.0 Å². The Morgan fingerprint density at radius 2 is 2.07 bits per heavy atom. The minimum Gasteiger partial charge on any atom is -0.493 e. The lowest BCUT2D eigenvalue weighted by atomic mass is 9.99. The second-order valence-corrected chi connectivity index (χ2v) is 6.73. The van der Waals surface area contributed by atoms with E-state index in [-0.39, 0.29) is 0 Å². The number of allylic oxidation sites excluding steroid dienone is 2. The number of hydrogen-bond donors (Lipinski definition) is 2. The second kappa shape index (κ2) is 9.78. The number of benzene rings is 1. The standard InChI is InChI=1S/C24H28N4O2/c1-6-9-20-19(8-3)27-23(28-20)15-30-21-11-10-16(13-22(21)29-5)12-17-14-26-24(25-4)18(17)7-2/h6-11,13-14H,3,12,15H2,1-2,4-5H3,(H,25,26)(H,27,28)/b9-6-,18-7-. The number of nitrogens with one attached hydrogen (secondary N) is 2. The van der Waals surface area contributed by atoms with Crippen molar-refractivity contribution in [3.8, 4) is 11.5 Å². The highest BCUT2D eigenvalue weighted by atomic mass is 16.5. The summed E-state index contributed by atoms with van der Waals surface area (Å²) in [6.07, 6.45) is 10.5. The van der Waals surface area contributed by atoms with Crippen molar-refractivity contribution in [3.05, 3.63) is 77.1 Å². The van der Waals surface area contributed by atoms with Crippen LogP contribution in [0, 0.1) is 0 Å². The van der Waals surface area contributed by atoms with Crippen molar-refractivity contribution in [2.45, 2.75) is 26.9 Å². The molecule has 0 saturated heterocycles. The number of H-pyrrole nitrogens is 1. The number of methoxy groups -OCH3 is 1. The molecule has 156 valence electrons. The van der Waals surface area contributed by atoms with E-state index in [1.165, 1.54) is 5.57 Å². The topological polar surface area (TPSA) is 71.5 Å². The Balaban J connectivity index is 1.73. The SMILES string of the molecule is C=Cc1nc(COc2ccc(CC3=CNC(=NC)/C3=C\C)cc2OC)[nH]c1/C=C\C. The van der Waals surface area contributed by atoms with Gasteiger partial charge < -0.3 is 19.8 Å². The van der Waals surface area contributed by atoms with Crippen LogP contribution in [0.15, 0.2) is 59.3 Å². The van der Waals surface area contributed by atoms with Crippen LogP contribution in [0.3, 0.4) is 0 Å². The van der Waals surface area contributed by atoms with Gasteiger partial charge in [0.1, 0.15) is 18.3 Å². The van der Waals surface area contributed by atoms with Gasteiger partial charge in [-0.05, 0) is 55.7 Å². The lowest BCUT2D eigenvalue weighted by Crippen LogP contribution is -2.12. The predicted molar refractivity (Wildman–Crippen MR) is 123 cm³/mol. The van der Waals surface area contributed by atoms with Crippen molar-refractivity contribution < 1.29 is 9.47 Å². The summed E-state index contributed by atoms with van der Waals surface area (Å²) in [5, 5.41) is 3.22. The Bertz CT molecular complexity index is 1040. The molecule has 3 rings (SSSR count). The predicted octanol–water partition coefficient (Wildman–Crippen LogP) is 4.68. The van der Waals surface area contributed by atoms with E-state index in [1.54, 1.807) is 20.2 Å². The fourth-order valence-electron chi connectivity index (χ4n) is 3.39. The number of aromatic nitrogens is 2. The Hall–Kier alpha value is -3.54. The molecule has 1 aromatic heterocycles. The van der Waals surface area contributed by atoms with Gasteiger partial charge in [0, 0.05) is 18.8 Å². The van der Waals surface area contributed by atoms with Crippen LogP contribution in [0.5, 0.6) is 11.5 Å². The maximum atomic E-state index is 5.97. The van der Waals surface area contributed by atoms with Crippen LogP contribution in [0.1, 0.15) is 36.6 Å². The highest BCUT2D eigenvalue weighted by molar-refractivity contribution is 6.05. The van der Waals surface area contributed by atoms with E-state index in [1.807, 2.05) is 44.3 Å². The normalized spacial score (nSPS) is 16.2. The van der Waals surface area contributed by atoms with Gasteiger partial charge in [-0.25, -0.2) is 4.98 Å². The number of amidine groups is 1. The molecule has 2 aromatic rings. The van der Waals surface area contributed by atoms with E-state index in [2.05, 4.69) is 39.0 Å². The number of nitrogens with zero attached hydrogens (tertiary/aromatic N) is 2. The molecular formula is C24H28N4O2. The Labute approximate surface area is 177 Å². The zero-order valence-corrected chi connectivity index (χ0v) is 18.0. The molecule has 0 amide bonds. The molecule has 1 aromatic carbocycles. The lowest BCUT2D eigenvalue weighted by Gasteiger charge is -2.12. The molecule has 0 fully saturated rings. The van der Waals surface area contributed by atoms with Crippen LogP contribution in [-0.2, 0) is 13.0 Å². The molecule has 2 N–H and O–H groups in total. The highest BCUT2D eigenvalue weighted by Gasteiger charge is 2.18. The largest absolute Gasteiger partial charge is 0.493 e. The van der Waals surface area contributed by atoms with E-state index in [0.29, 0.717) is 18.1 Å². The zero-order chi connectivity index (χ0) is 21.5. The molecule has 1 aliphatic heterocycles. The Morgan fingerprint density at radius 1 is 1.23 bits per heavy atom. The molecule has 6 nitrogen and oxygen atoms in total. The monoisotopic (exact) mass is 404 g/mol. The summed E-state index contributed by atoms with van der Waals surface area (Å²) in [7, 11) is 3.44. The van der Waals surface area contributed by atoms with Crippen molar-refractivity contribution in [3.63, 3.8) is 0 Å². The third-order valence-corrected chi connectivity index (χ3v) is 4.82. The van der Waals surface area contributed by atoms with E-state index < -0.39 is 0 Å². The van der Waals surface area contributed by atoms with Gasteiger partial charge in [0.05, 0.1) is 18.5 Å². The quantitative estimate of drug-likeness (QED) is 0.670. The molecule has 0 saturated carbocycles. The zero-order valence-electron chi connectivity index (χ0n) is 18.0. The first-order chi connectivity index (χ1) is 14.6. The molecule has 30 heavy (non-hydrogen) atoms. The average molecular weight is 405 g/mol. The van der Waals surface area contributed by atoms with Gasteiger partial charge >= 0.3 is 0 Å². The van der Waals surface area contributed by atoms with Gasteiger partial charge in [-0.15, -0.1) is 0 Å². The molecule has 0 unspecified atom stereocenters. The number of aromatic amines is 1. The molecule has 0 aliphatic carbocycles. The first kappa shape index (κ1) is 21.2. The van der Waals surface area contributed by atoms with E-state index in [4.69, 9.17) is 9.47 Å². The summed E-state index contributed by atoms with van der Waals surface area (Å²) in [6, 6.07) is 5.99. The molecule has 0 bridgehead atoms. The van der Waals surface area contributed by atoms with Crippen LogP contribution in [0.25, 0.3) is 12.2 Å². The Kier molecular flexibility index (Phi) is 6.91. The fraction of sp³-hybridized carbons (Fsp3) is 0.250. The maximum Gasteiger partial charge on any atom is 0.161 e. The van der Waals surface area contributed by atoms with Crippen LogP contribution < -0.4 is 14.8 Å². The average Bonchev–Trinajstić information content (AvgIpc) is 3.35. The number of rotatable bonds is 8. The van der Waals surface area contributed by atoms with Crippen molar-refractivity contribution in [1.29, 1.82) is 0 Å². The van der Waals surface area contributed by atoms with Gasteiger partial charge in [-0.1, -0.05) is 24.8 Å². The lowest BCUT2D eigenvalue weighted by molar-refractivity contribution is 0.277. The van der Waals surface area contributed by atoms with Crippen molar-refractivity contribution in [1.82, 2.24) is 15.3 Å². The third-order valence-electron chi connectivity index (χ3n) is 4.82. The van der Waals surface area contributed by atoms with E-state index in [0.717, 1.165) is 40.6 Å². The molecule has 1 aliphatic rings. The molecule has 0 spiro atoms. The summed E-state index contributed by atoms with van der Waals surface area (Å²) >= 11 is 0. The molecule has 0 atom stereocenters. The number of aliphatic imine (C=N–C) groups is 1. The first-order valence-electron chi connectivity index (χ1n) is 9.86. The van der Waals surface area contributed by atoms with Gasteiger partial charge in [0.25, 0.3) is 0 Å². The first-order valence-corrected chi connectivity index (χ1v) is 9.86. The van der Waals surface area contributed by atoms with Crippen LogP contribution >= 0.6 is 0 Å². The summed E-state index contributed by atoms with van der Waals surface area (Å²) in [6.45, 7) is 8.10. The third kappa shape index (κ3) is 4.54. The number of imidazole rings is 1. The van der Waals surface area contributed by atoms with Gasteiger partial charge in [-0.3, -0.25) is 4.99 Å². The smallest absolute Gasteiger partial charge is 0.161 e. The fourth-order valence-corrected chi connectivity index (χ4v) is 3.39. The van der Waals surface area contributed by atoms with Gasteiger partial charge in [-0.2, -0.15) is 0 Å². The van der Waals surface area contributed by atoms with Crippen LogP contribution in [0.4, 0.5) is 0 Å². The van der Waals surface area contributed by atoms with Crippen molar-refractivity contribution in [2.24, 2.45) is 4.99 Å². The summed E-state index contributed by atoms with van der Waals surface area (Å²) in [5.74, 6) is 2.99. The number of ether oxygens (including phenoxy) is 2. The molecular weight excluding hydrogens is 376 g/mol. The van der Waals surface area contributed by atoms with E-state index >= 15 is 0 Å². The summed E-state index contributed by atoms with van der Waals surface area (Å²) in [4.78, 5) is 12.0. The second-order valence-electron chi connectivity index (χ2n) is 6.73. The molecule has 6 heteroatoms. The van der Waals surface area contributed by atoms with Gasteiger partial charge in [0.2, 0.25) is 0 Å². The van der Waals surface area contributed by atoms with Crippen molar-refractivity contribution in [2.75, 3.05) is 14.2 Å². The highest BCUT2D eigenvalue weighted by Crippen LogP contribution is 2.31. The van der Waals surface area contributed by atoms with E-state index in [9.17, 15) is 0 Å². The summed E-state index contributed by atoms with van der Waals surface area (Å²) < 4.78 is 11.5.